The van der Waals surface area contributed by atoms with Gasteiger partial charge in [-0.1, -0.05) is 42.4 Å². The Morgan fingerprint density at radius 2 is 1.93 bits per heavy atom. The highest BCUT2D eigenvalue weighted by atomic mass is 35.5. The first kappa shape index (κ1) is 30.0. The van der Waals surface area contributed by atoms with Crippen molar-refractivity contribution < 1.29 is 18.3 Å². The summed E-state index contributed by atoms with van der Waals surface area (Å²) in [7, 11) is 1.88. The maximum Gasteiger partial charge on any atom is 0.318 e. The molecule has 3 atom stereocenters. The molecule has 2 aromatic carbocycles. The van der Waals surface area contributed by atoms with Crippen LogP contribution in [0.25, 0.3) is 15.6 Å². The van der Waals surface area contributed by atoms with Crippen LogP contribution in [-0.4, -0.2) is 96.9 Å². The number of nitrogens with zero attached hydrogens (tertiary/aromatic N) is 7. The third kappa shape index (κ3) is 5.88. The molecule has 230 valence electrons. The average Bonchev–Trinajstić information content (AvgIpc) is 3.35. The van der Waals surface area contributed by atoms with Crippen LogP contribution in [0.1, 0.15) is 17.7 Å². The van der Waals surface area contributed by atoms with E-state index >= 15 is 0 Å². The summed E-state index contributed by atoms with van der Waals surface area (Å²) < 4.78 is 34.0. The second-order valence-corrected chi connectivity index (χ2v) is 12.0. The zero-order valence-electron chi connectivity index (χ0n) is 24.6. The maximum atomic E-state index is 14.0. The Hall–Kier alpha value is -4.01. The van der Waals surface area contributed by atoms with Gasteiger partial charge in [-0.2, -0.15) is 9.97 Å². The summed E-state index contributed by atoms with van der Waals surface area (Å²) in [5.74, 6) is -1.14. The monoisotopic (exact) mass is 621 g/mol. The Kier molecular flexibility index (Phi) is 8.56. The quantitative estimate of drug-likeness (QED) is 0.280. The van der Waals surface area contributed by atoms with Crippen LogP contribution < -0.4 is 14.5 Å². The lowest BCUT2D eigenvalue weighted by Gasteiger charge is -2.41. The van der Waals surface area contributed by atoms with Gasteiger partial charge in [0.15, 0.2) is 5.83 Å². The first-order chi connectivity index (χ1) is 21.2. The van der Waals surface area contributed by atoms with Crippen molar-refractivity contribution in [1.29, 1.82) is 0 Å². The van der Waals surface area contributed by atoms with Crippen LogP contribution in [0, 0.1) is 6.57 Å². The average molecular weight is 622 g/mol. The highest BCUT2D eigenvalue weighted by Gasteiger charge is 2.37. The minimum atomic E-state index is -1.04. The standard InChI is InChI=1S/C32H34ClF2N7O2/c1-20(34)31(43)42-13-12-41(17-24(42)15-36-2)30-25-10-11-40(28-9-5-7-21-6-4-8-26(33)29(21)28)18-27(25)37-32(38-30)44-19-23-14-22(35)16-39(23)3/h4-9,22-24H,1,10-19H2,3H3/t22-,23+,24+/m1/s1. The third-order valence-electron chi connectivity index (χ3n) is 8.81. The fourth-order valence-electron chi connectivity index (χ4n) is 6.57. The molecule has 0 N–H and O–H groups in total. The van der Waals surface area contributed by atoms with Gasteiger partial charge >= 0.3 is 6.01 Å². The van der Waals surface area contributed by atoms with E-state index in [1.54, 1.807) is 0 Å². The van der Waals surface area contributed by atoms with Gasteiger partial charge in [-0.15, -0.1) is 0 Å². The van der Waals surface area contributed by atoms with E-state index in [-0.39, 0.29) is 31.7 Å². The van der Waals surface area contributed by atoms with E-state index in [9.17, 15) is 13.6 Å². The molecule has 44 heavy (non-hydrogen) atoms. The molecule has 4 heterocycles. The first-order valence-corrected chi connectivity index (χ1v) is 15.1. The summed E-state index contributed by atoms with van der Waals surface area (Å²) in [5.41, 5.74) is 2.79. The smallest absolute Gasteiger partial charge is 0.318 e. The zero-order chi connectivity index (χ0) is 31.0. The van der Waals surface area contributed by atoms with Gasteiger partial charge in [0.25, 0.3) is 5.91 Å². The largest absolute Gasteiger partial charge is 0.462 e. The maximum absolute atomic E-state index is 14.0. The highest BCUT2D eigenvalue weighted by Crippen LogP contribution is 2.37. The lowest BCUT2D eigenvalue weighted by atomic mass is 10.0. The van der Waals surface area contributed by atoms with E-state index in [4.69, 9.17) is 32.9 Å². The Bertz CT molecular complexity index is 1630. The second kappa shape index (κ2) is 12.5. The van der Waals surface area contributed by atoms with Crippen LogP contribution >= 0.6 is 11.6 Å². The summed E-state index contributed by atoms with van der Waals surface area (Å²) in [5, 5.41) is 2.71. The molecular weight excluding hydrogens is 588 g/mol. The summed E-state index contributed by atoms with van der Waals surface area (Å²) in [6.07, 6.45) is 0.139. The molecule has 9 nitrogen and oxygen atoms in total. The third-order valence-corrected chi connectivity index (χ3v) is 9.13. The van der Waals surface area contributed by atoms with Crippen molar-refractivity contribution in [3.8, 4) is 6.01 Å². The number of likely N-dealkylation sites (N-methyl/N-ethyl adjacent to an activating group) is 1. The van der Waals surface area contributed by atoms with E-state index in [2.05, 4.69) is 22.4 Å². The van der Waals surface area contributed by atoms with Crippen molar-refractivity contribution in [2.24, 2.45) is 0 Å². The van der Waals surface area contributed by atoms with Crippen molar-refractivity contribution in [3.63, 3.8) is 0 Å². The number of likely N-dealkylation sites (tertiary alicyclic amines) is 1. The number of aromatic nitrogens is 2. The lowest BCUT2D eigenvalue weighted by Crippen LogP contribution is -2.57. The minimum absolute atomic E-state index is 0.0280. The van der Waals surface area contributed by atoms with E-state index in [1.165, 1.54) is 4.90 Å². The van der Waals surface area contributed by atoms with Crippen molar-refractivity contribution in [2.75, 3.05) is 62.7 Å². The second-order valence-electron chi connectivity index (χ2n) is 11.6. The minimum Gasteiger partial charge on any atom is -0.462 e. The van der Waals surface area contributed by atoms with Gasteiger partial charge in [0, 0.05) is 55.4 Å². The molecule has 6 rings (SSSR count). The van der Waals surface area contributed by atoms with E-state index in [0.29, 0.717) is 56.4 Å². The highest BCUT2D eigenvalue weighted by molar-refractivity contribution is 6.36. The molecule has 2 fully saturated rings. The number of hydrogen-bond acceptors (Lipinski definition) is 7. The molecular formula is C32H34ClF2N7O2. The molecule has 0 unspecified atom stereocenters. The molecule has 3 aromatic rings. The number of benzene rings is 2. The number of anilines is 2. The van der Waals surface area contributed by atoms with Crippen molar-refractivity contribution in [2.45, 2.75) is 37.6 Å². The van der Waals surface area contributed by atoms with Crippen molar-refractivity contribution in [1.82, 2.24) is 19.8 Å². The van der Waals surface area contributed by atoms with Crippen LogP contribution in [0.15, 0.2) is 48.8 Å². The Balaban J connectivity index is 1.34. The molecule has 0 aliphatic carbocycles. The Labute approximate surface area is 260 Å². The van der Waals surface area contributed by atoms with E-state index < -0.39 is 23.9 Å². The predicted octanol–water partition coefficient (Wildman–Crippen LogP) is 4.69. The van der Waals surface area contributed by atoms with Crippen molar-refractivity contribution >= 4 is 39.8 Å². The number of piperazine rings is 1. The zero-order valence-corrected chi connectivity index (χ0v) is 25.3. The number of amides is 1. The molecule has 0 radical (unpaired) electrons. The summed E-state index contributed by atoms with van der Waals surface area (Å²) in [4.78, 5) is 33.3. The van der Waals surface area contributed by atoms with Gasteiger partial charge in [0.1, 0.15) is 24.6 Å². The normalized spacial score (nSPS) is 22.2. The number of ether oxygens (including phenoxy) is 1. The number of halogens is 3. The molecule has 1 amide bonds. The fourth-order valence-corrected chi connectivity index (χ4v) is 6.85. The Morgan fingerprint density at radius 1 is 1.14 bits per heavy atom. The lowest BCUT2D eigenvalue weighted by molar-refractivity contribution is -0.131. The fraction of sp³-hybridized carbons (Fsp3) is 0.438. The van der Waals surface area contributed by atoms with Crippen LogP contribution in [0.4, 0.5) is 20.3 Å². The molecule has 1 aromatic heterocycles. The molecule has 3 aliphatic rings. The van der Waals surface area contributed by atoms with Crippen LogP contribution in [0.3, 0.4) is 0 Å². The summed E-state index contributed by atoms with van der Waals surface area (Å²) >= 11 is 6.66. The molecule has 0 spiro atoms. The van der Waals surface area contributed by atoms with Crippen LogP contribution in [0.2, 0.25) is 5.02 Å². The van der Waals surface area contributed by atoms with Gasteiger partial charge in [-0.25, -0.2) is 15.4 Å². The number of alkyl halides is 1. The van der Waals surface area contributed by atoms with Crippen molar-refractivity contribution in [3.05, 3.63) is 76.5 Å². The van der Waals surface area contributed by atoms with E-state index in [0.717, 1.165) is 27.7 Å². The van der Waals surface area contributed by atoms with Gasteiger partial charge in [0.05, 0.1) is 17.3 Å². The van der Waals surface area contributed by atoms with Crippen LogP contribution in [0.5, 0.6) is 6.01 Å². The predicted molar refractivity (Wildman–Crippen MR) is 167 cm³/mol. The molecule has 12 heteroatoms. The van der Waals surface area contributed by atoms with Gasteiger partial charge in [0.2, 0.25) is 6.54 Å². The first-order valence-electron chi connectivity index (χ1n) is 14.8. The van der Waals surface area contributed by atoms with Crippen LogP contribution in [-0.2, 0) is 17.8 Å². The number of hydrogen-bond donors (Lipinski definition) is 0. The van der Waals surface area contributed by atoms with Gasteiger partial charge in [-0.05, 0) is 37.4 Å². The summed E-state index contributed by atoms with van der Waals surface area (Å²) in [6.45, 7) is 13.4. The number of rotatable bonds is 7. The Morgan fingerprint density at radius 3 is 2.66 bits per heavy atom. The SMILES string of the molecule is [C-]#[N+]C[C@H]1CN(c2nc(OC[C@@H]3C[C@@H](F)CN3C)nc3c2CCN(c2cccc4cccc(Cl)c24)C3)CCN1C(=O)C(=C)F. The topological polar surface area (TPSA) is 69.4 Å². The van der Waals surface area contributed by atoms with Gasteiger partial charge < -0.3 is 24.3 Å². The number of carbonyl (C=O) groups is 1. The number of carbonyl (C=O) groups excluding carboxylic acids is 1. The number of fused-ring (bicyclic) bond motifs is 2. The molecule has 0 bridgehead atoms. The molecule has 2 saturated heterocycles. The summed E-state index contributed by atoms with van der Waals surface area (Å²) in [6, 6.07) is 11.6. The molecule has 0 saturated carbocycles. The molecule has 3 aliphatic heterocycles. The van der Waals surface area contributed by atoms with Gasteiger partial charge in [-0.3, -0.25) is 9.69 Å². The van der Waals surface area contributed by atoms with E-state index in [1.807, 2.05) is 47.2 Å².